The second kappa shape index (κ2) is 6.60. The Kier molecular flexibility index (Phi) is 4.76. The molecule has 0 saturated heterocycles. The summed E-state index contributed by atoms with van der Waals surface area (Å²) in [7, 11) is -4.52. The molecule has 2 aromatic heterocycles. The number of halogens is 4. The summed E-state index contributed by atoms with van der Waals surface area (Å²) in [5.41, 5.74) is -0.983. The minimum atomic E-state index is -4.88. The molecule has 0 saturated carbocycles. The van der Waals surface area contributed by atoms with Crippen LogP contribution in [0.15, 0.2) is 45.0 Å². The van der Waals surface area contributed by atoms with Crippen LogP contribution in [-0.2, 0) is 16.2 Å². The van der Waals surface area contributed by atoms with Crippen LogP contribution in [0.25, 0.3) is 11.5 Å². The highest BCUT2D eigenvalue weighted by molar-refractivity contribution is 7.93. The quantitative estimate of drug-likeness (QED) is 0.628. The van der Waals surface area contributed by atoms with Crippen LogP contribution in [0, 0.1) is 6.92 Å². The molecule has 0 atom stereocenters. The van der Waals surface area contributed by atoms with Crippen LogP contribution in [0.3, 0.4) is 0 Å². The molecular weight excluding hydrogens is 413 g/mol. The van der Waals surface area contributed by atoms with Gasteiger partial charge in [-0.05, 0) is 37.3 Å². The second-order valence-corrected chi connectivity index (χ2v) is 8.14. The van der Waals surface area contributed by atoms with Crippen LogP contribution < -0.4 is 4.72 Å². The number of benzene rings is 1. The van der Waals surface area contributed by atoms with Gasteiger partial charge in [-0.15, -0.1) is 11.3 Å². The van der Waals surface area contributed by atoms with E-state index in [-0.39, 0.29) is 10.2 Å². The molecule has 0 bridgehead atoms. The van der Waals surface area contributed by atoms with Crippen LogP contribution in [-0.4, -0.2) is 13.4 Å². The number of rotatable bonds is 4. The average molecular weight is 423 g/mol. The first-order valence-corrected chi connectivity index (χ1v) is 9.72. The predicted octanol–water partition coefficient (Wildman–Crippen LogP) is 5.18. The fourth-order valence-corrected chi connectivity index (χ4v) is 4.47. The number of nitrogens with one attached hydrogen (secondary N) is 1. The maximum atomic E-state index is 13.1. The highest BCUT2D eigenvalue weighted by Crippen LogP contribution is 2.37. The van der Waals surface area contributed by atoms with Gasteiger partial charge in [0, 0.05) is 10.4 Å². The molecule has 138 valence electrons. The molecule has 2 heterocycles. The van der Waals surface area contributed by atoms with Crippen molar-refractivity contribution in [2.45, 2.75) is 18.0 Å². The molecular formula is C15H10ClF3N2O3S2. The lowest BCUT2D eigenvalue weighted by atomic mass is 10.2. The maximum absolute atomic E-state index is 13.1. The number of thiazole rings is 1. The first kappa shape index (κ1) is 18.7. The van der Waals surface area contributed by atoms with E-state index in [4.69, 9.17) is 16.0 Å². The Bertz CT molecular complexity index is 1060. The zero-order valence-electron chi connectivity index (χ0n) is 13.0. The number of nitrogens with zero attached hydrogens (tertiary/aromatic N) is 1. The van der Waals surface area contributed by atoms with Crippen LogP contribution in [0.2, 0.25) is 5.02 Å². The Morgan fingerprint density at radius 2 is 1.96 bits per heavy atom. The minimum Gasteiger partial charge on any atom is -0.460 e. The van der Waals surface area contributed by atoms with Crippen molar-refractivity contribution in [3.8, 4) is 11.5 Å². The molecule has 0 amide bonds. The van der Waals surface area contributed by atoms with E-state index in [0.29, 0.717) is 23.3 Å². The summed E-state index contributed by atoms with van der Waals surface area (Å²) >= 11 is 6.49. The van der Waals surface area contributed by atoms with E-state index in [1.165, 1.54) is 5.38 Å². The Morgan fingerprint density at radius 1 is 1.23 bits per heavy atom. The lowest BCUT2D eigenvalue weighted by Gasteiger charge is -2.13. The number of sulfonamides is 1. The minimum absolute atomic E-state index is 0.0860. The highest BCUT2D eigenvalue weighted by Gasteiger charge is 2.37. The molecule has 11 heteroatoms. The van der Waals surface area contributed by atoms with E-state index in [1.807, 2.05) is 0 Å². The second-order valence-electron chi connectivity index (χ2n) is 5.19. The molecule has 5 nitrogen and oxygen atoms in total. The van der Waals surface area contributed by atoms with E-state index in [0.717, 1.165) is 23.5 Å². The summed E-state index contributed by atoms with van der Waals surface area (Å²) in [6.07, 6.45) is -4.88. The number of aryl methyl sites for hydroxylation is 1. The van der Waals surface area contributed by atoms with Crippen LogP contribution in [0.4, 0.5) is 18.3 Å². The molecule has 0 aliphatic heterocycles. The predicted molar refractivity (Wildman–Crippen MR) is 91.8 cm³/mol. The van der Waals surface area contributed by atoms with Gasteiger partial charge in [-0.3, -0.25) is 4.72 Å². The van der Waals surface area contributed by atoms with Crippen molar-refractivity contribution in [1.82, 2.24) is 4.98 Å². The molecule has 0 aliphatic rings. The van der Waals surface area contributed by atoms with Gasteiger partial charge in [-0.25, -0.2) is 13.4 Å². The fourth-order valence-electron chi connectivity index (χ4n) is 2.13. The molecule has 3 rings (SSSR count). The third kappa shape index (κ3) is 3.87. The van der Waals surface area contributed by atoms with E-state index in [2.05, 4.69) is 9.71 Å². The normalized spacial score (nSPS) is 12.3. The average Bonchev–Trinajstić information content (AvgIpc) is 3.14. The lowest BCUT2D eigenvalue weighted by molar-refractivity contribution is -0.139. The number of hydrogen-bond donors (Lipinski definition) is 1. The molecule has 0 aliphatic carbocycles. The van der Waals surface area contributed by atoms with Gasteiger partial charge in [-0.2, -0.15) is 13.2 Å². The molecule has 1 N–H and O–H groups in total. The Hall–Kier alpha value is -2.04. The standard InChI is InChI=1S/C15H10ClF3N2O3S2/c1-8-2-4-12(24-8)11-7-25-14(20-11)21-26(22,23)13-5-3-9(16)6-10(13)15(17,18)19/h2-7H,1H3,(H,20,21). The number of anilines is 1. The van der Waals surface area contributed by atoms with Crippen LogP contribution in [0.1, 0.15) is 11.3 Å². The van der Waals surface area contributed by atoms with Crippen LogP contribution in [0.5, 0.6) is 0 Å². The SMILES string of the molecule is Cc1ccc(-c2csc(NS(=O)(=O)c3ccc(Cl)cc3C(F)(F)F)n2)o1. The summed E-state index contributed by atoms with van der Waals surface area (Å²) in [6.45, 7) is 1.73. The molecule has 3 aromatic rings. The lowest BCUT2D eigenvalue weighted by Crippen LogP contribution is -2.19. The van der Waals surface area contributed by atoms with Gasteiger partial charge in [-0.1, -0.05) is 11.6 Å². The smallest absolute Gasteiger partial charge is 0.417 e. The summed E-state index contributed by atoms with van der Waals surface area (Å²) in [6, 6.07) is 5.81. The van der Waals surface area contributed by atoms with Gasteiger partial charge in [0.05, 0.1) is 10.5 Å². The van der Waals surface area contributed by atoms with E-state index >= 15 is 0 Å². The first-order chi connectivity index (χ1) is 12.1. The van der Waals surface area contributed by atoms with Crippen molar-refractivity contribution < 1.29 is 26.0 Å². The summed E-state index contributed by atoms with van der Waals surface area (Å²) in [4.78, 5) is 3.11. The third-order valence-electron chi connectivity index (χ3n) is 3.26. The van der Waals surface area contributed by atoms with Gasteiger partial charge < -0.3 is 4.42 Å². The Morgan fingerprint density at radius 3 is 2.58 bits per heavy atom. The van der Waals surface area contributed by atoms with Gasteiger partial charge in [0.15, 0.2) is 10.9 Å². The van der Waals surface area contributed by atoms with Crippen molar-refractivity contribution >= 4 is 38.1 Å². The Labute approximate surface area is 155 Å². The Balaban J connectivity index is 1.95. The largest absolute Gasteiger partial charge is 0.460 e. The molecule has 1 aromatic carbocycles. The van der Waals surface area contributed by atoms with Crippen molar-refractivity contribution in [2.24, 2.45) is 0 Å². The van der Waals surface area contributed by atoms with E-state index in [1.54, 1.807) is 19.1 Å². The molecule has 26 heavy (non-hydrogen) atoms. The van der Waals surface area contributed by atoms with Gasteiger partial charge >= 0.3 is 6.18 Å². The number of furan rings is 1. The zero-order chi connectivity index (χ0) is 19.1. The van der Waals surface area contributed by atoms with Crippen molar-refractivity contribution in [3.05, 3.63) is 52.1 Å². The number of aromatic nitrogens is 1. The van der Waals surface area contributed by atoms with Crippen molar-refractivity contribution in [3.63, 3.8) is 0 Å². The molecule has 0 spiro atoms. The monoisotopic (exact) mass is 422 g/mol. The molecule has 0 radical (unpaired) electrons. The van der Waals surface area contributed by atoms with Crippen molar-refractivity contribution in [2.75, 3.05) is 4.72 Å². The topological polar surface area (TPSA) is 72.2 Å². The zero-order valence-corrected chi connectivity index (χ0v) is 15.4. The summed E-state index contributed by atoms with van der Waals surface area (Å²) in [5, 5.41) is 1.22. The number of alkyl halides is 3. The first-order valence-electron chi connectivity index (χ1n) is 6.98. The van der Waals surface area contributed by atoms with Gasteiger partial charge in [0.25, 0.3) is 10.0 Å². The molecule has 0 unspecified atom stereocenters. The van der Waals surface area contributed by atoms with Crippen molar-refractivity contribution in [1.29, 1.82) is 0 Å². The fraction of sp³-hybridized carbons (Fsp3) is 0.133. The summed E-state index contributed by atoms with van der Waals surface area (Å²) < 4.78 is 71.7. The van der Waals surface area contributed by atoms with E-state index in [9.17, 15) is 21.6 Å². The van der Waals surface area contributed by atoms with Gasteiger partial charge in [0.2, 0.25) is 0 Å². The highest BCUT2D eigenvalue weighted by atomic mass is 35.5. The van der Waals surface area contributed by atoms with E-state index < -0.39 is 26.7 Å². The molecule has 0 fully saturated rings. The maximum Gasteiger partial charge on any atom is 0.417 e. The number of hydrogen-bond acceptors (Lipinski definition) is 5. The van der Waals surface area contributed by atoms with Crippen LogP contribution >= 0.6 is 22.9 Å². The third-order valence-corrected chi connectivity index (χ3v) is 5.77. The summed E-state index contributed by atoms with van der Waals surface area (Å²) in [5.74, 6) is 1.07. The van der Waals surface area contributed by atoms with Gasteiger partial charge in [0.1, 0.15) is 11.5 Å².